The summed E-state index contributed by atoms with van der Waals surface area (Å²) in [6, 6.07) is 2.88. The Labute approximate surface area is 94.0 Å². The lowest BCUT2D eigenvalue weighted by molar-refractivity contribution is -0.0442. The lowest BCUT2D eigenvalue weighted by Gasteiger charge is -2.40. The van der Waals surface area contributed by atoms with Crippen LogP contribution < -0.4 is 0 Å². The van der Waals surface area contributed by atoms with Gasteiger partial charge in [0.05, 0.1) is 13.2 Å². The Morgan fingerprint density at radius 3 is 2.12 bits per heavy atom. The van der Waals surface area contributed by atoms with Gasteiger partial charge in [-0.2, -0.15) is 0 Å². The van der Waals surface area contributed by atoms with Gasteiger partial charge in [-0.05, 0) is 12.1 Å². The highest BCUT2D eigenvalue weighted by molar-refractivity contribution is 8.45. The lowest BCUT2D eigenvalue weighted by atomic mass is 10.2. The Morgan fingerprint density at radius 2 is 1.59 bits per heavy atom. The molecular weight excluding hydrogens is 267 g/mol. The Hall–Kier alpha value is -0.860. The average molecular weight is 276 g/mol. The second-order valence-electron chi connectivity index (χ2n) is 3.61. The summed E-state index contributed by atoms with van der Waals surface area (Å²) in [6.45, 7) is 0.455. The van der Waals surface area contributed by atoms with Crippen molar-refractivity contribution in [2.75, 3.05) is 13.2 Å². The monoisotopic (exact) mass is 276 g/mol. The summed E-state index contributed by atoms with van der Waals surface area (Å²) in [5, 5.41) is 0. The van der Waals surface area contributed by atoms with E-state index in [-0.39, 0.29) is 18.8 Å². The van der Waals surface area contributed by atoms with Crippen LogP contribution in [0.15, 0.2) is 29.2 Å². The number of hydrogen-bond donors (Lipinski definition) is 0. The Bertz CT molecular complexity index is 437. The molecule has 1 aliphatic heterocycles. The van der Waals surface area contributed by atoms with Gasteiger partial charge in [0, 0.05) is 5.56 Å². The van der Waals surface area contributed by atoms with Crippen molar-refractivity contribution in [3.63, 3.8) is 0 Å². The van der Waals surface area contributed by atoms with Crippen LogP contribution in [-0.4, -0.2) is 13.2 Å². The molecule has 1 fully saturated rings. The molecule has 1 aromatic rings. The molecule has 0 bridgehead atoms. The van der Waals surface area contributed by atoms with E-state index in [1.807, 2.05) is 0 Å². The third kappa shape index (κ3) is 2.88. The largest absolute Gasteiger partial charge is 0.346 e. The van der Waals surface area contributed by atoms with Crippen molar-refractivity contribution in [3.05, 3.63) is 29.8 Å². The fourth-order valence-electron chi connectivity index (χ4n) is 1.45. The van der Waals surface area contributed by atoms with E-state index in [9.17, 15) is 19.4 Å². The van der Waals surface area contributed by atoms with E-state index < -0.39 is 21.4 Å². The highest BCUT2D eigenvalue weighted by atomic mass is 32.5. The van der Waals surface area contributed by atoms with Crippen LogP contribution in [-0.2, 0) is 9.47 Å². The highest BCUT2D eigenvalue weighted by Crippen LogP contribution is 3.02. The zero-order valence-electron chi connectivity index (χ0n) is 8.42. The van der Waals surface area contributed by atoms with Gasteiger partial charge >= 0.3 is 10.2 Å². The van der Waals surface area contributed by atoms with Gasteiger partial charge in [0.25, 0.3) is 0 Å². The minimum Gasteiger partial charge on any atom is -0.346 e. The summed E-state index contributed by atoms with van der Waals surface area (Å²) < 4.78 is 72.6. The van der Waals surface area contributed by atoms with Crippen LogP contribution in [0.4, 0.5) is 19.4 Å². The smallest absolute Gasteiger partial charge is 0.310 e. The van der Waals surface area contributed by atoms with Crippen molar-refractivity contribution in [2.24, 2.45) is 0 Å². The molecule has 0 aliphatic carbocycles. The first-order chi connectivity index (χ1) is 7.56. The van der Waals surface area contributed by atoms with Crippen LogP contribution in [0.1, 0.15) is 11.9 Å². The molecule has 98 valence electrons. The fraction of sp³-hybridized carbons (Fsp3) is 0.333. The van der Waals surface area contributed by atoms with E-state index in [4.69, 9.17) is 9.47 Å². The highest BCUT2D eigenvalue weighted by Gasteiger charge is 2.65. The van der Waals surface area contributed by atoms with Crippen LogP contribution >= 0.6 is 10.2 Å². The fourth-order valence-corrected chi connectivity index (χ4v) is 2.15. The van der Waals surface area contributed by atoms with Gasteiger partial charge in [-0.1, -0.05) is 31.6 Å². The molecule has 0 saturated carbocycles. The Kier molecular flexibility index (Phi) is 2.31. The molecule has 1 aliphatic rings. The first-order valence-corrected chi connectivity index (χ1v) is 6.59. The normalized spacial score (nSPS) is 22.2. The van der Waals surface area contributed by atoms with Crippen molar-refractivity contribution in [2.45, 2.75) is 11.2 Å². The number of rotatable bonds is 2. The average Bonchev–Trinajstić information content (AvgIpc) is 2.67. The molecule has 1 heterocycles. The van der Waals surface area contributed by atoms with Gasteiger partial charge in [-0.3, -0.25) is 0 Å². The van der Waals surface area contributed by atoms with Crippen LogP contribution in [0, 0.1) is 0 Å². The van der Waals surface area contributed by atoms with Gasteiger partial charge in [0.1, 0.15) is 4.90 Å². The summed E-state index contributed by atoms with van der Waals surface area (Å²) in [4.78, 5) is -1.93. The maximum Gasteiger partial charge on any atom is 0.310 e. The molecule has 0 atom stereocenters. The van der Waals surface area contributed by atoms with Crippen molar-refractivity contribution in [1.29, 1.82) is 0 Å². The lowest BCUT2D eigenvalue weighted by Crippen LogP contribution is -2.07. The van der Waals surface area contributed by atoms with E-state index in [1.165, 1.54) is 6.07 Å². The standard InChI is InChI=1S/C9H9F5O2S/c10-17(11,12,13,14)8-3-1-2-7(6-8)9-15-4-5-16-9/h1-3,6,9H,4-5H2. The van der Waals surface area contributed by atoms with Crippen LogP contribution in [0.5, 0.6) is 0 Å². The number of hydrogen-bond acceptors (Lipinski definition) is 2. The van der Waals surface area contributed by atoms with Crippen molar-refractivity contribution >= 4 is 10.2 Å². The van der Waals surface area contributed by atoms with E-state index in [0.717, 1.165) is 6.07 Å². The number of ether oxygens (including phenoxy) is 2. The Morgan fingerprint density at radius 1 is 1.00 bits per heavy atom. The van der Waals surface area contributed by atoms with Crippen LogP contribution in [0.3, 0.4) is 0 Å². The van der Waals surface area contributed by atoms with E-state index in [0.29, 0.717) is 12.1 Å². The third-order valence-corrected chi connectivity index (χ3v) is 3.34. The van der Waals surface area contributed by atoms with Gasteiger partial charge in [0.15, 0.2) is 6.29 Å². The summed E-state index contributed by atoms with van der Waals surface area (Å²) in [5.41, 5.74) is -0.0618. The van der Waals surface area contributed by atoms with Gasteiger partial charge in [0.2, 0.25) is 0 Å². The molecule has 8 heteroatoms. The topological polar surface area (TPSA) is 18.5 Å². The summed E-state index contributed by atoms with van der Waals surface area (Å²) in [5.74, 6) is 0. The molecule has 2 rings (SSSR count). The summed E-state index contributed by atoms with van der Waals surface area (Å²) in [7, 11) is -9.63. The molecule has 17 heavy (non-hydrogen) atoms. The van der Waals surface area contributed by atoms with Gasteiger partial charge in [-0.25, -0.2) is 0 Å². The van der Waals surface area contributed by atoms with Crippen molar-refractivity contribution in [1.82, 2.24) is 0 Å². The first kappa shape index (κ1) is 12.6. The molecule has 1 aromatic carbocycles. The zero-order valence-corrected chi connectivity index (χ0v) is 9.23. The Balaban J connectivity index is 2.42. The minimum absolute atomic E-state index is 0.0618. The molecule has 0 amide bonds. The first-order valence-electron chi connectivity index (χ1n) is 4.63. The quantitative estimate of drug-likeness (QED) is 0.746. The maximum atomic E-state index is 12.5. The molecule has 2 nitrogen and oxygen atoms in total. The maximum absolute atomic E-state index is 12.5. The second-order valence-corrected chi connectivity index (χ2v) is 6.02. The molecule has 1 saturated heterocycles. The minimum atomic E-state index is -9.63. The summed E-state index contributed by atoms with van der Waals surface area (Å²) in [6.07, 6.45) is -1.00. The van der Waals surface area contributed by atoms with Gasteiger partial charge < -0.3 is 9.47 Å². The predicted octanol–water partition coefficient (Wildman–Crippen LogP) is 4.39. The number of benzene rings is 1. The number of halogens is 5. The zero-order chi connectivity index (χ0) is 12.8. The molecule has 0 aromatic heterocycles. The van der Waals surface area contributed by atoms with E-state index in [1.54, 1.807) is 0 Å². The van der Waals surface area contributed by atoms with Crippen LogP contribution in [0.2, 0.25) is 0 Å². The summed E-state index contributed by atoms with van der Waals surface area (Å²) >= 11 is 0. The van der Waals surface area contributed by atoms with Crippen molar-refractivity contribution in [3.8, 4) is 0 Å². The van der Waals surface area contributed by atoms with Crippen LogP contribution in [0.25, 0.3) is 0 Å². The molecular formula is C9H9F5O2S. The SMILES string of the molecule is FS(F)(F)(F)(F)c1cccc(C2OCCO2)c1. The molecule has 0 unspecified atom stereocenters. The molecule has 0 radical (unpaired) electrons. The van der Waals surface area contributed by atoms with E-state index in [2.05, 4.69) is 0 Å². The van der Waals surface area contributed by atoms with Crippen molar-refractivity contribution < 1.29 is 28.9 Å². The second kappa shape index (κ2) is 3.12. The van der Waals surface area contributed by atoms with Gasteiger partial charge in [-0.15, -0.1) is 0 Å². The van der Waals surface area contributed by atoms with E-state index >= 15 is 0 Å². The third-order valence-electron chi connectivity index (χ3n) is 2.20. The molecule has 0 N–H and O–H groups in total. The molecule has 0 spiro atoms. The predicted molar refractivity (Wildman–Crippen MR) is 52.5 cm³/mol.